The number of aliphatic hydroxyl groups is 2. The maximum absolute atomic E-state index is 14.5. The molecule has 0 spiro atoms. The molecule has 0 unspecified atom stereocenters. The van der Waals surface area contributed by atoms with Gasteiger partial charge in [-0.25, -0.2) is 0 Å². The number of aromatic nitrogens is 1. The van der Waals surface area contributed by atoms with Crippen LogP contribution in [0.3, 0.4) is 0 Å². The number of fused-ring (bicyclic) bond motifs is 1. The van der Waals surface area contributed by atoms with E-state index in [1.807, 2.05) is 45.0 Å². The van der Waals surface area contributed by atoms with Crippen molar-refractivity contribution in [2.24, 2.45) is 51.8 Å². The summed E-state index contributed by atoms with van der Waals surface area (Å²) in [5, 5.41) is 46.4. The minimum Gasteiger partial charge on any atom is -0.508 e. The number of benzene rings is 3. The number of primary amides is 2. The van der Waals surface area contributed by atoms with E-state index in [1.165, 1.54) is 26.1 Å². The number of guanidine groups is 1. The molecule has 4 aromatic rings. The Kier molecular flexibility index (Phi) is 34.3. The van der Waals surface area contributed by atoms with Crippen molar-refractivity contribution in [3.8, 4) is 5.75 Å². The van der Waals surface area contributed by atoms with Crippen molar-refractivity contribution in [1.29, 1.82) is 0 Å². The van der Waals surface area contributed by atoms with Gasteiger partial charge in [0.15, 0.2) is 29.1 Å². The van der Waals surface area contributed by atoms with Gasteiger partial charge in [0.2, 0.25) is 41.4 Å². The van der Waals surface area contributed by atoms with Gasteiger partial charge in [0, 0.05) is 113 Å². The van der Waals surface area contributed by atoms with Crippen LogP contribution >= 0.6 is 0 Å². The molecule has 3 aromatic carbocycles. The number of phenolic OH excluding ortho intramolecular Hbond substituents is 1. The Balaban J connectivity index is 1.26. The van der Waals surface area contributed by atoms with Crippen molar-refractivity contribution in [3.05, 3.63) is 102 Å². The summed E-state index contributed by atoms with van der Waals surface area (Å²) in [6.07, 6.45) is -2.74. The number of rotatable bonds is 47. The Hall–Kier alpha value is -8.96. The Morgan fingerprint density at radius 2 is 1.30 bits per heavy atom. The minimum absolute atomic E-state index is 0.0205. The number of carbonyl (C=O) groups excluding carboxylic acids is 11. The lowest BCUT2D eigenvalue weighted by Gasteiger charge is -2.30. The number of nitrogens with zero attached hydrogens (tertiary/aromatic N) is 2. The summed E-state index contributed by atoms with van der Waals surface area (Å²) in [6.45, 7) is 8.10. The highest BCUT2D eigenvalue weighted by atomic mass is 16.5. The molecule has 0 saturated carbocycles. The van der Waals surface area contributed by atoms with Gasteiger partial charge >= 0.3 is 0 Å². The first-order valence-corrected chi connectivity index (χ1v) is 33.8. The van der Waals surface area contributed by atoms with E-state index in [4.69, 9.17) is 31.4 Å². The third kappa shape index (κ3) is 28.1. The molecule has 15 N–H and O–H groups in total. The maximum atomic E-state index is 14.5. The molecule has 1 aromatic heterocycles. The van der Waals surface area contributed by atoms with Crippen molar-refractivity contribution >= 4 is 81.3 Å². The molecule has 1 fully saturated rings. The molecule has 0 bridgehead atoms. The predicted molar refractivity (Wildman–Crippen MR) is 368 cm³/mol. The molecule has 10 atom stereocenters. The molecule has 0 radical (unpaired) electrons. The topological polar surface area (TPSA) is 446 Å². The molecule has 2 heterocycles. The van der Waals surface area contributed by atoms with Crippen LogP contribution in [0.5, 0.6) is 5.75 Å². The van der Waals surface area contributed by atoms with Crippen LogP contribution in [-0.2, 0) is 86.2 Å². The Morgan fingerprint density at radius 1 is 0.667 bits per heavy atom. The minimum atomic E-state index is -1.73. The fourth-order valence-electron chi connectivity index (χ4n) is 11.9. The molecular weight excluding hydrogens is 1280 g/mol. The number of likely N-dealkylation sites (tertiary alicyclic amines) is 1. The Morgan fingerprint density at radius 3 is 1.95 bits per heavy atom. The standard InChI is InChI=1S/C71H101N11O17/c1-6-24-97-26-28-99-29-27-98-25-22-64(91)79-58(32-46-18-20-52(84)21-19-46)70(96)82-42-54(86)39-59(82)61(88)36-50(38-63(72)90)69(95)81-65(44(4)83)62(89)37-49(31-45-13-8-7-9-14-45)67(93)78-41-53(85)34-48(30-43(2)3)68(94)80-57(17-12-23-76-71(74)75-5)60(87)35-47(66(73)92)33-51-40-77-56-16-11-10-15-55(51)56/h7-11,13-16,18-21,40,43-44,47-50,54,57-59,65,77,83-84,86H,6,12,17,22-39,41-42H2,1-5H3,(H2,72,90)(H2,73,92)(H,78,93)(H,79,91)(H,80,94)(H,81,95)(H3,74,75,76)/t44-,47-,48-,49-,50+,54-,57+,58-,59+,65+/m1/s1. The van der Waals surface area contributed by atoms with Crippen molar-refractivity contribution in [3.63, 3.8) is 0 Å². The zero-order valence-electron chi connectivity index (χ0n) is 57.4. The SMILES string of the molecule is CCCOCCOCCOCCC(=O)N[C@H](Cc1ccc(O)cc1)C(=O)N1C[C@H](O)C[C@H]1C(=O)C[C@@H](CC(N)=O)C(=O)N[C@H](C(=O)C[C@@H](Cc1ccccc1)C(=O)NCC(=O)C[C@@H](CC(C)C)C(=O)N[C@@H](CCCNC(N)=NC)C(=O)C[C@@H](Cc1c[nH]c2ccccc12)C(N)=O)[C@@H](C)O. The van der Waals surface area contributed by atoms with Gasteiger partial charge in [-0.1, -0.05) is 81.4 Å². The van der Waals surface area contributed by atoms with Gasteiger partial charge in [0.25, 0.3) is 0 Å². The number of Topliss-reactive ketones (excluding diaryl/α,β-unsaturated/α-hetero) is 4. The summed E-state index contributed by atoms with van der Waals surface area (Å²) in [5.74, 6) is -12.8. The molecule has 542 valence electrons. The second kappa shape index (κ2) is 42.1. The first-order chi connectivity index (χ1) is 47.3. The zero-order valence-corrected chi connectivity index (χ0v) is 57.4. The van der Waals surface area contributed by atoms with Crippen molar-refractivity contribution in [2.45, 2.75) is 154 Å². The van der Waals surface area contributed by atoms with Crippen LogP contribution in [0, 0.1) is 29.6 Å². The lowest BCUT2D eigenvalue weighted by Crippen LogP contribution is -2.53. The first-order valence-electron chi connectivity index (χ1n) is 33.8. The Labute approximate surface area is 577 Å². The normalized spacial score (nSPS) is 16.3. The highest BCUT2D eigenvalue weighted by Gasteiger charge is 2.43. The number of para-hydroxylation sites is 1. The number of carbonyl (C=O) groups is 11. The second-order valence-electron chi connectivity index (χ2n) is 25.7. The molecular formula is C71H101N11O17. The number of nitrogens with two attached hydrogens (primary N) is 3. The summed E-state index contributed by atoms with van der Waals surface area (Å²) >= 11 is 0. The summed E-state index contributed by atoms with van der Waals surface area (Å²) in [4.78, 5) is 161. The van der Waals surface area contributed by atoms with Crippen LogP contribution in [0.1, 0.15) is 115 Å². The number of hydrogen-bond acceptors (Lipinski definition) is 18. The van der Waals surface area contributed by atoms with Crippen molar-refractivity contribution < 1.29 is 82.3 Å². The van der Waals surface area contributed by atoms with Gasteiger partial charge in [-0.3, -0.25) is 57.7 Å². The van der Waals surface area contributed by atoms with Gasteiger partial charge < -0.3 is 83.2 Å². The third-order valence-electron chi connectivity index (χ3n) is 17.0. The maximum Gasteiger partial charge on any atom is 0.246 e. The molecule has 1 saturated heterocycles. The molecule has 0 aliphatic carbocycles. The molecule has 5 rings (SSSR count). The van der Waals surface area contributed by atoms with Crippen LogP contribution < -0.4 is 43.8 Å². The molecule has 28 nitrogen and oxygen atoms in total. The number of phenols is 1. The van der Waals surface area contributed by atoms with Gasteiger partial charge in [0.05, 0.1) is 69.8 Å². The van der Waals surface area contributed by atoms with E-state index in [9.17, 15) is 68.1 Å². The summed E-state index contributed by atoms with van der Waals surface area (Å²) in [7, 11) is 1.50. The zero-order chi connectivity index (χ0) is 72.6. The van der Waals surface area contributed by atoms with Crippen molar-refractivity contribution in [2.75, 3.05) is 66.3 Å². The monoisotopic (exact) mass is 1380 g/mol. The second-order valence-corrected chi connectivity index (χ2v) is 25.7. The van der Waals surface area contributed by atoms with E-state index in [0.29, 0.717) is 43.9 Å². The largest absolute Gasteiger partial charge is 0.508 e. The molecule has 99 heavy (non-hydrogen) atoms. The average Bonchev–Trinajstić information content (AvgIpc) is 1.70. The third-order valence-corrected chi connectivity index (χ3v) is 17.0. The first kappa shape index (κ1) is 80.7. The molecule has 1 aliphatic rings. The highest BCUT2D eigenvalue weighted by Crippen LogP contribution is 2.27. The van der Waals surface area contributed by atoms with E-state index < -0.39 is 150 Å². The van der Waals surface area contributed by atoms with Gasteiger partial charge in [-0.2, -0.15) is 0 Å². The molecule has 7 amide bonds. The number of aromatic amines is 1. The van der Waals surface area contributed by atoms with E-state index in [-0.39, 0.29) is 102 Å². The number of ketones is 4. The van der Waals surface area contributed by atoms with Gasteiger partial charge in [-0.15, -0.1) is 0 Å². The van der Waals surface area contributed by atoms with Gasteiger partial charge in [-0.05, 0) is 86.3 Å². The fourth-order valence-corrected chi connectivity index (χ4v) is 11.9. The molecule has 1 aliphatic heterocycles. The van der Waals surface area contributed by atoms with E-state index in [0.717, 1.165) is 27.8 Å². The van der Waals surface area contributed by atoms with Crippen LogP contribution in [0.2, 0.25) is 0 Å². The predicted octanol–water partition coefficient (Wildman–Crippen LogP) is 1.69. The number of H-pyrrole nitrogens is 1. The summed E-state index contributed by atoms with van der Waals surface area (Å²) < 4.78 is 16.4. The number of aliphatic hydroxyl groups excluding tert-OH is 2. The lowest BCUT2D eigenvalue weighted by atomic mass is 9.88. The number of β-amino-alcohol motifs (C(OH)–C–C–N with tert-alkyl or cyclic N) is 1. The van der Waals surface area contributed by atoms with Crippen molar-refractivity contribution in [1.82, 2.24) is 36.5 Å². The number of aliphatic imine (C=N–C) groups is 1. The van der Waals surface area contributed by atoms with Gasteiger partial charge in [0.1, 0.15) is 17.8 Å². The smallest absolute Gasteiger partial charge is 0.246 e. The van der Waals surface area contributed by atoms with Crippen LogP contribution in [0.25, 0.3) is 10.9 Å². The van der Waals surface area contributed by atoms with E-state index >= 15 is 0 Å². The summed E-state index contributed by atoms with van der Waals surface area (Å²) in [6, 6.07) is 16.4. The number of ether oxygens (including phenoxy) is 3. The van der Waals surface area contributed by atoms with Crippen LogP contribution in [-0.4, -0.2) is 198 Å². The van der Waals surface area contributed by atoms with E-state index in [2.05, 4.69) is 36.6 Å². The van der Waals surface area contributed by atoms with Crippen LogP contribution in [0.15, 0.2) is 90.1 Å². The quantitative estimate of drug-likeness (QED) is 0.0170. The number of amides is 7. The number of hydrogen-bond donors (Lipinski definition) is 12. The lowest BCUT2D eigenvalue weighted by molar-refractivity contribution is -0.142. The summed E-state index contributed by atoms with van der Waals surface area (Å²) in [5.41, 5.74) is 20.1. The number of aromatic hydroxyl groups is 1. The Bertz CT molecular complexity index is 3340. The number of nitrogens with one attached hydrogen (secondary N) is 6. The molecule has 28 heteroatoms. The average molecular weight is 1380 g/mol. The fraction of sp³-hybridized carbons (Fsp3) is 0.549. The van der Waals surface area contributed by atoms with Crippen LogP contribution in [0.4, 0.5) is 0 Å². The highest BCUT2D eigenvalue weighted by molar-refractivity contribution is 5.99. The van der Waals surface area contributed by atoms with E-state index in [1.54, 1.807) is 48.7 Å².